The standard InChI is InChI=1S/C22H29ClN4O2/c1-15(2)10-11-24-22(29)17-5-4-12-26(14-17)20-8-9-21(28)27(25-20)18-7-6-16(3)19(23)13-18/h6-9,13,15,17H,4-5,10-12,14H2,1-3H3,(H,24,29). The molecule has 1 fully saturated rings. The Labute approximate surface area is 176 Å². The first-order valence-corrected chi connectivity index (χ1v) is 10.6. The van der Waals surface area contributed by atoms with E-state index in [-0.39, 0.29) is 17.4 Å². The van der Waals surface area contributed by atoms with Gasteiger partial charge in [0.1, 0.15) is 5.82 Å². The molecule has 6 nitrogen and oxygen atoms in total. The summed E-state index contributed by atoms with van der Waals surface area (Å²) in [6.07, 6.45) is 2.77. The van der Waals surface area contributed by atoms with Crippen LogP contribution in [0.15, 0.2) is 35.1 Å². The highest BCUT2D eigenvalue weighted by Gasteiger charge is 2.26. The van der Waals surface area contributed by atoms with Crippen LogP contribution in [0.5, 0.6) is 0 Å². The van der Waals surface area contributed by atoms with E-state index in [0.717, 1.165) is 31.4 Å². The lowest BCUT2D eigenvalue weighted by Crippen LogP contribution is -2.44. The highest BCUT2D eigenvalue weighted by molar-refractivity contribution is 6.31. The van der Waals surface area contributed by atoms with Crippen molar-refractivity contribution in [2.75, 3.05) is 24.5 Å². The summed E-state index contributed by atoms with van der Waals surface area (Å²) in [4.78, 5) is 27.0. The number of nitrogens with one attached hydrogen (secondary N) is 1. The maximum Gasteiger partial charge on any atom is 0.271 e. The van der Waals surface area contributed by atoms with Crippen LogP contribution in [0.2, 0.25) is 5.02 Å². The minimum atomic E-state index is -0.214. The molecular formula is C22H29ClN4O2. The lowest BCUT2D eigenvalue weighted by Gasteiger charge is -2.33. The molecule has 2 aromatic rings. The summed E-state index contributed by atoms with van der Waals surface area (Å²) >= 11 is 6.22. The Morgan fingerprint density at radius 2 is 2.10 bits per heavy atom. The molecule has 0 saturated carbocycles. The van der Waals surface area contributed by atoms with Gasteiger partial charge >= 0.3 is 0 Å². The number of hydrogen-bond acceptors (Lipinski definition) is 4. The van der Waals surface area contributed by atoms with E-state index >= 15 is 0 Å². The molecule has 1 atom stereocenters. The number of nitrogens with zero attached hydrogens (tertiary/aromatic N) is 3. The largest absolute Gasteiger partial charge is 0.356 e. The van der Waals surface area contributed by atoms with Gasteiger partial charge in [-0.3, -0.25) is 9.59 Å². The molecule has 156 valence electrons. The van der Waals surface area contributed by atoms with Gasteiger partial charge in [-0.05, 0) is 55.9 Å². The SMILES string of the molecule is Cc1ccc(-n2nc(N3CCCC(C(=O)NCCC(C)C)C3)ccc2=O)cc1Cl. The Hall–Kier alpha value is -2.34. The summed E-state index contributed by atoms with van der Waals surface area (Å²) < 4.78 is 1.37. The van der Waals surface area contributed by atoms with Crippen molar-refractivity contribution >= 4 is 23.3 Å². The number of piperidine rings is 1. The first kappa shape index (κ1) is 21.4. The van der Waals surface area contributed by atoms with Crippen LogP contribution in [0.4, 0.5) is 5.82 Å². The molecule has 29 heavy (non-hydrogen) atoms. The smallest absolute Gasteiger partial charge is 0.271 e. The van der Waals surface area contributed by atoms with Gasteiger partial charge in [0, 0.05) is 30.7 Å². The Bertz CT molecular complexity index is 925. The van der Waals surface area contributed by atoms with Gasteiger partial charge in [0.25, 0.3) is 5.56 Å². The van der Waals surface area contributed by atoms with Crippen molar-refractivity contribution in [2.45, 2.75) is 40.0 Å². The average Bonchev–Trinajstić information content (AvgIpc) is 2.70. The Kier molecular flexibility index (Phi) is 6.96. The lowest BCUT2D eigenvalue weighted by atomic mass is 9.97. The summed E-state index contributed by atoms with van der Waals surface area (Å²) in [6, 6.07) is 8.70. The molecule has 2 heterocycles. The van der Waals surface area contributed by atoms with Crippen molar-refractivity contribution in [3.05, 3.63) is 51.3 Å². The number of aromatic nitrogens is 2. The number of anilines is 1. The molecule has 1 N–H and O–H groups in total. The number of rotatable bonds is 6. The van der Waals surface area contributed by atoms with Gasteiger partial charge in [-0.25, -0.2) is 0 Å². The van der Waals surface area contributed by atoms with Crippen LogP contribution in [-0.4, -0.2) is 35.3 Å². The van der Waals surface area contributed by atoms with E-state index < -0.39 is 0 Å². The van der Waals surface area contributed by atoms with Gasteiger partial charge in [0.05, 0.1) is 11.6 Å². The van der Waals surface area contributed by atoms with Crippen molar-refractivity contribution < 1.29 is 4.79 Å². The number of benzene rings is 1. The first-order chi connectivity index (χ1) is 13.8. The molecule has 0 radical (unpaired) electrons. The maximum absolute atomic E-state index is 12.5. The molecule has 1 aromatic heterocycles. The molecule has 3 rings (SSSR count). The van der Waals surface area contributed by atoms with Crippen LogP contribution in [0.25, 0.3) is 5.69 Å². The average molecular weight is 417 g/mol. The van der Waals surface area contributed by atoms with Crippen LogP contribution in [-0.2, 0) is 4.79 Å². The van der Waals surface area contributed by atoms with Crippen molar-refractivity contribution in [3.63, 3.8) is 0 Å². The quantitative estimate of drug-likeness (QED) is 0.781. The predicted molar refractivity (Wildman–Crippen MR) is 117 cm³/mol. The van der Waals surface area contributed by atoms with Gasteiger partial charge in [0.2, 0.25) is 5.91 Å². The van der Waals surface area contributed by atoms with Crippen molar-refractivity contribution in [3.8, 4) is 5.69 Å². The monoisotopic (exact) mass is 416 g/mol. The van der Waals surface area contributed by atoms with Crippen LogP contribution < -0.4 is 15.8 Å². The second-order valence-electron chi connectivity index (χ2n) is 8.13. The van der Waals surface area contributed by atoms with Crippen LogP contribution in [0, 0.1) is 18.8 Å². The number of aryl methyl sites for hydroxylation is 1. The van der Waals surface area contributed by atoms with E-state index in [2.05, 4.69) is 29.2 Å². The third kappa shape index (κ3) is 5.38. The van der Waals surface area contributed by atoms with Gasteiger partial charge in [-0.15, -0.1) is 5.10 Å². The molecule has 7 heteroatoms. The second-order valence-corrected chi connectivity index (χ2v) is 8.54. The zero-order chi connectivity index (χ0) is 21.0. The highest BCUT2D eigenvalue weighted by Crippen LogP contribution is 2.22. The topological polar surface area (TPSA) is 67.2 Å². The van der Waals surface area contributed by atoms with E-state index in [0.29, 0.717) is 35.5 Å². The van der Waals surface area contributed by atoms with E-state index in [9.17, 15) is 9.59 Å². The molecule has 1 aliphatic heterocycles. The van der Waals surface area contributed by atoms with Crippen molar-refractivity contribution in [2.24, 2.45) is 11.8 Å². The summed E-state index contributed by atoms with van der Waals surface area (Å²) in [5.41, 5.74) is 1.36. The molecule has 0 bridgehead atoms. The fourth-order valence-electron chi connectivity index (χ4n) is 3.50. The normalized spacial score (nSPS) is 16.9. The van der Waals surface area contributed by atoms with Gasteiger partial charge in [0.15, 0.2) is 0 Å². The van der Waals surface area contributed by atoms with E-state index in [1.807, 2.05) is 19.1 Å². The van der Waals surface area contributed by atoms with Crippen LogP contribution in [0.3, 0.4) is 0 Å². The first-order valence-electron chi connectivity index (χ1n) is 10.2. The predicted octanol–water partition coefficient (Wildman–Crippen LogP) is 3.57. The molecule has 1 saturated heterocycles. The number of carbonyl (C=O) groups excluding carboxylic acids is 1. The fraction of sp³-hybridized carbons (Fsp3) is 0.500. The van der Waals surface area contributed by atoms with E-state index in [4.69, 9.17) is 11.6 Å². The Balaban J connectivity index is 1.75. The van der Waals surface area contributed by atoms with Crippen LogP contribution in [0.1, 0.15) is 38.7 Å². The minimum absolute atomic E-state index is 0.0630. The van der Waals surface area contributed by atoms with Crippen molar-refractivity contribution in [1.29, 1.82) is 0 Å². The summed E-state index contributed by atoms with van der Waals surface area (Å²) in [6.45, 7) is 8.35. The number of halogens is 1. The molecule has 1 aliphatic rings. The van der Waals surface area contributed by atoms with E-state index in [1.54, 1.807) is 12.1 Å². The number of amides is 1. The highest BCUT2D eigenvalue weighted by atomic mass is 35.5. The number of hydrogen-bond donors (Lipinski definition) is 1. The fourth-order valence-corrected chi connectivity index (χ4v) is 3.67. The van der Waals surface area contributed by atoms with Gasteiger partial charge in [-0.1, -0.05) is 31.5 Å². The summed E-state index contributed by atoms with van der Waals surface area (Å²) in [7, 11) is 0. The number of carbonyl (C=O) groups is 1. The molecule has 1 amide bonds. The Morgan fingerprint density at radius 3 is 2.83 bits per heavy atom. The third-order valence-electron chi connectivity index (χ3n) is 5.32. The zero-order valence-corrected chi connectivity index (χ0v) is 18.1. The molecular weight excluding hydrogens is 388 g/mol. The molecule has 0 spiro atoms. The zero-order valence-electron chi connectivity index (χ0n) is 17.3. The summed E-state index contributed by atoms with van der Waals surface area (Å²) in [5.74, 6) is 1.31. The molecule has 1 unspecified atom stereocenters. The van der Waals surface area contributed by atoms with Crippen LogP contribution >= 0.6 is 11.6 Å². The Morgan fingerprint density at radius 1 is 1.31 bits per heavy atom. The second kappa shape index (κ2) is 9.44. The van der Waals surface area contributed by atoms with E-state index in [1.165, 1.54) is 10.7 Å². The van der Waals surface area contributed by atoms with Crippen molar-refractivity contribution in [1.82, 2.24) is 15.1 Å². The van der Waals surface area contributed by atoms with Gasteiger partial charge < -0.3 is 10.2 Å². The maximum atomic E-state index is 12.5. The van der Waals surface area contributed by atoms with Gasteiger partial charge in [-0.2, -0.15) is 4.68 Å². The molecule has 1 aromatic carbocycles. The molecule has 0 aliphatic carbocycles. The lowest BCUT2D eigenvalue weighted by molar-refractivity contribution is -0.125. The minimum Gasteiger partial charge on any atom is -0.356 e. The third-order valence-corrected chi connectivity index (χ3v) is 5.73. The summed E-state index contributed by atoms with van der Waals surface area (Å²) in [5, 5.41) is 8.21.